The van der Waals surface area contributed by atoms with Crippen LogP contribution in [-0.4, -0.2) is 122 Å². The van der Waals surface area contributed by atoms with E-state index in [1.165, 1.54) is 45.9 Å². The van der Waals surface area contributed by atoms with Gasteiger partial charge in [-0.2, -0.15) is 46.7 Å². The predicted molar refractivity (Wildman–Crippen MR) is 303 cm³/mol. The number of nitrogens with zero attached hydrogens (tertiary/aromatic N) is 4. The maximum Gasteiger partial charge on any atom is 0.374 e. The Kier molecular flexibility index (Phi) is 18.1. The monoisotopic (exact) mass is 1390 g/mol. The van der Waals surface area contributed by atoms with Crippen molar-refractivity contribution in [3.05, 3.63) is 72.5 Å². The lowest BCUT2D eigenvalue weighted by Crippen LogP contribution is -2.35. The minimum atomic E-state index is -5.52. The number of carbonyl (C=O) groups is 6. The van der Waals surface area contributed by atoms with Crippen LogP contribution in [0.5, 0.6) is 5.75 Å². The van der Waals surface area contributed by atoms with Gasteiger partial charge < -0.3 is 32.6 Å². The quantitative estimate of drug-likeness (QED) is 0.00573. The van der Waals surface area contributed by atoms with Crippen LogP contribution in [-0.2, 0) is 105 Å². The summed E-state index contributed by atoms with van der Waals surface area (Å²) in [6.45, 7) is -0.192. The van der Waals surface area contributed by atoms with Crippen molar-refractivity contribution in [3.8, 4) is 5.75 Å². The van der Waals surface area contributed by atoms with Crippen molar-refractivity contribution < 1.29 is 140 Å². The zero-order chi connectivity index (χ0) is 65.9. The Hall–Kier alpha value is -8.23. The summed E-state index contributed by atoms with van der Waals surface area (Å²) in [6.07, 6.45) is 6.43. The Morgan fingerprint density at radius 1 is 0.582 bits per heavy atom. The second-order valence-electron chi connectivity index (χ2n) is 20.1. The number of aryl methyl sites for hydroxylation is 1. The number of amides is 4. The number of carbonyl (C=O) groups excluding carboxylic acids is 6. The molecule has 4 amide bonds. The first kappa shape index (κ1) is 65.7. The molecule has 7 aromatic rings. The number of benzene rings is 4. The van der Waals surface area contributed by atoms with Crippen LogP contribution < -0.4 is 14.2 Å². The number of allylic oxidation sites excluding steroid dienone is 4. The molecule has 0 spiro atoms. The zero-order valence-electron chi connectivity index (χ0n) is 46.0. The third-order valence-corrected chi connectivity index (χ3v) is 19.0. The number of aromatic nitrogens is 1. The average molecular weight is 1390 g/mol. The molecule has 10 rings (SSSR count). The first-order chi connectivity index (χ1) is 42.7. The van der Waals surface area contributed by atoms with Gasteiger partial charge in [-0.25, -0.2) is 14.8 Å². The van der Waals surface area contributed by atoms with Gasteiger partial charge in [0.1, 0.15) is 21.0 Å². The fourth-order valence-electron chi connectivity index (χ4n) is 10.2. The van der Waals surface area contributed by atoms with E-state index in [1.807, 2.05) is 0 Å². The number of furan rings is 2. The van der Waals surface area contributed by atoms with E-state index in [2.05, 4.69) is 9.37 Å². The number of fused-ring (bicyclic) bond motifs is 8. The molecule has 6 N–H and O–H groups in total. The van der Waals surface area contributed by atoms with Crippen molar-refractivity contribution in [2.75, 3.05) is 11.4 Å². The fraction of sp³-hybridized carbons (Fsp3) is 0.275. The van der Waals surface area contributed by atoms with Gasteiger partial charge in [-0.15, -0.1) is 14.5 Å². The molecule has 0 saturated carbocycles. The summed E-state index contributed by atoms with van der Waals surface area (Å²) in [6, 6.07) is 5.27. The highest BCUT2D eigenvalue weighted by Gasteiger charge is 2.40. The first-order valence-electron chi connectivity index (χ1n) is 26.4. The zero-order valence-corrected chi connectivity index (χ0v) is 50.9. The Balaban J connectivity index is 1.02. The summed E-state index contributed by atoms with van der Waals surface area (Å²) in [5.74, 6) is -5.47. The lowest BCUT2D eigenvalue weighted by molar-refractivity contribution is -0.678. The van der Waals surface area contributed by atoms with E-state index in [4.69, 9.17) is 32.9 Å². The number of hydroxylamine groups is 4. The Morgan fingerprint density at radius 3 is 1.67 bits per heavy atom. The molecule has 0 unspecified atom stereocenters. The van der Waals surface area contributed by atoms with Crippen molar-refractivity contribution in [1.82, 2.24) is 10.1 Å². The van der Waals surface area contributed by atoms with Crippen LogP contribution >= 0.6 is 12.0 Å². The van der Waals surface area contributed by atoms with Gasteiger partial charge in [0.2, 0.25) is 11.5 Å². The molecular formula is C51H45N4O30S6+. The van der Waals surface area contributed by atoms with E-state index in [-0.39, 0.29) is 141 Å². The summed E-state index contributed by atoms with van der Waals surface area (Å²) in [5.41, 5.74) is -3.22. The maximum absolute atomic E-state index is 13.5. The molecule has 0 atom stereocenters. The normalized spacial score (nSPS) is 15.9. The average Bonchev–Trinajstić information content (AvgIpc) is 1.58. The Bertz CT molecular complexity index is 4950. The lowest BCUT2D eigenvalue weighted by atomic mass is 10.1. The summed E-state index contributed by atoms with van der Waals surface area (Å²) < 4.78 is 211. The van der Waals surface area contributed by atoms with E-state index in [1.54, 1.807) is 0 Å². The van der Waals surface area contributed by atoms with Crippen LogP contribution in [0, 0.1) is 0 Å². The van der Waals surface area contributed by atoms with Gasteiger partial charge in [-0.3, -0.25) is 41.9 Å². The highest BCUT2D eigenvalue weighted by atomic mass is 32.2. The Labute approximate surface area is 515 Å². The molecule has 0 radical (unpaired) electrons. The molecule has 4 aromatic carbocycles. The van der Waals surface area contributed by atoms with Gasteiger partial charge >= 0.3 is 17.8 Å². The number of unbranched alkanes of at least 4 members (excludes halogenated alkanes) is 4. The highest BCUT2D eigenvalue weighted by Crippen LogP contribution is 2.51. The van der Waals surface area contributed by atoms with Crippen molar-refractivity contribution in [2.24, 2.45) is 0 Å². The second kappa shape index (κ2) is 25.1. The molecule has 91 heavy (non-hydrogen) atoms. The van der Waals surface area contributed by atoms with Gasteiger partial charge in [-0.05, 0) is 56.0 Å². The molecule has 3 aliphatic heterocycles. The van der Waals surface area contributed by atoms with Gasteiger partial charge in [-0.1, -0.05) is 29.7 Å². The third kappa shape index (κ3) is 13.6. The smallest absolute Gasteiger partial charge is 0.374 e. The molecule has 484 valence electrons. The Morgan fingerprint density at radius 2 is 1.12 bits per heavy atom. The summed E-state index contributed by atoms with van der Waals surface area (Å²) in [5, 5.41) is 11.0. The molecule has 34 nitrogen and oxygen atoms in total. The molecule has 2 saturated heterocycles. The number of hydrogen-bond donors (Lipinski definition) is 6. The lowest BCUT2D eigenvalue weighted by Gasteiger charge is -2.18. The molecule has 6 heterocycles. The number of ether oxygens (including phenoxy) is 1. The number of imide groups is 2. The molecule has 40 heteroatoms. The van der Waals surface area contributed by atoms with Crippen LogP contribution in [0.3, 0.4) is 0 Å². The standard InChI is InChI=1S/C51H44N4O30S6/c56-36-14-15-37(57)54(36)82-42(60)12-6-2-8-18-52-30-24-32-44(28-20-26(86-85-84-62)21-34(46(28)78-32)88(66,67)68)50(90(72,73)74)48(30)80-40(52)10-4-1-5-11-41-53(19-9-3-7-13-43(61)83-55-38(58)16-17-39(55)59)31-25-33-45(51(49(31)81-41)91(75,76)77)29-22-27(87(63,64)65)23-35(47(29)79-33)89(69,70)71/h1,4-5,10-11,20-25H,2-3,6-9,12-19H2,(H5-,62,63,64,65,66,67,68,69,70,71,72,73,74,75,76,77)/p+1. The minimum absolute atomic E-state index is 0.0761. The van der Waals surface area contributed by atoms with E-state index >= 15 is 0 Å². The number of rotatable bonds is 25. The summed E-state index contributed by atoms with van der Waals surface area (Å²) in [7, 11) is -26.8. The molecule has 0 aliphatic carbocycles. The molecule has 3 aromatic heterocycles. The molecule has 2 fully saturated rings. The third-order valence-electron chi connectivity index (χ3n) is 14.1. The van der Waals surface area contributed by atoms with E-state index < -0.39 is 155 Å². The topological polar surface area (TPSA) is 494 Å². The predicted octanol–water partition coefficient (Wildman–Crippen LogP) is 5.83. The van der Waals surface area contributed by atoms with Gasteiger partial charge in [0, 0.05) is 73.2 Å². The van der Waals surface area contributed by atoms with Crippen molar-refractivity contribution in [2.45, 2.75) is 113 Å². The van der Waals surface area contributed by atoms with Crippen LogP contribution in [0.25, 0.3) is 61.1 Å². The minimum Gasteiger partial charge on any atom is -0.454 e. The fourth-order valence-corrected chi connectivity index (χ4v) is 14.4. The summed E-state index contributed by atoms with van der Waals surface area (Å²) in [4.78, 5) is 78.8. The van der Waals surface area contributed by atoms with E-state index in [9.17, 15) is 93.6 Å². The van der Waals surface area contributed by atoms with Crippen molar-refractivity contribution in [3.63, 3.8) is 0 Å². The van der Waals surface area contributed by atoms with Crippen LogP contribution in [0.1, 0.15) is 82.9 Å². The van der Waals surface area contributed by atoms with E-state index in [0.29, 0.717) is 22.3 Å². The number of anilines is 1. The SMILES string of the molecule is O=C(CCCCCN1/C(=C/C=C/C=C/c2oc3c(S(=O)(=O)O)c4c(cc3[n+]2CCCCCC(=O)ON2C(=O)CCC2=O)oc2c(S(=O)(=O)O)cc(S(=O)(=O)O)cc24)Oc2c1cc1oc3c(S(=O)(=O)O)cc(SOOO)cc3c1c2S(=O)(=O)O)ON1C(=O)CCC1=O. The molecule has 0 bridgehead atoms. The molecular weight excluding hydrogens is 1340 g/mol. The van der Waals surface area contributed by atoms with Crippen LogP contribution in [0.4, 0.5) is 5.69 Å². The van der Waals surface area contributed by atoms with Crippen LogP contribution in [0.2, 0.25) is 0 Å². The van der Waals surface area contributed by atoms with Crippen LogP contribution in [0.15, 0.2) is 109 Å². The molecule has 3 aliphatic rings. The van der Waals surface area contributed by atoms with E-state index in [0.717, 1.165) is 18.2 Å². The number of hydrogen-bond acceptors (Lipinski definition) is 27. The van der Waals surface area contributed by atoms with Gasteiger partial charge in [0.25, 0.3) is 79.7 Å². The summed E-state index contributed by atoms with van der Waals surface area (Å²) >= 11 is 0.219. The van der Waals surface area contributed by atoms with Crippen molar-refractivity contribution >= 4 is 165 Å². The van der Waals surface area contributed by atoms with Gasteiger partial charge in [0.15, 0.2) is 33.3 Å². The number of oxazole rings is 1. The largest absolute Gasteiger partial charge is 0.454 e. The highest BCUT2D eigenvalue weighted by molar-refractivity contribution is 7.94. The first-order valence-corrected chi connectivity index (χ1v) is 34.3. The van der Waals surface area contributed by atoms with Gasteiger partial charge in [0.05, 0.1) is 45.5 Å². The second-order valence-corrected chi connectivity index (χ2v) is 27.8. The maximum atomic E-state index is 13.5. The van der Waals surface area contributed by atoms with Crippen molar-refractivity contribution in [1.29, 1.82) is 0 Å².